The molecule has 1 aromatic carbocycles. The molecule has 8 nitrogen and oxygen atoms in total. The number of fused-ring (bicyclic) bond motifs is 1. The largest absolute Gasteiger partial charge is 0.349 e. The van der Waals surface area contributed by atoms with Crippen LogP contribution in [0.1, 0.15) is 53.5 Å². The molecule has 0 radical (unpaired) electrons. The van der Waals surface area contributed by atoms with Gasteiger partial charge in [-0.15, -0.1) is 0 Å². The van der Waals surface area contributed by atoms with Gasteiger partial charge in [0.25, 0.3) is 5.91 Å². The molecule has 0 atom stereocenters. The molecule has 2 aromatic heterocycles. The second-order valence-electron chi connectivity index (χ2n) is 8.26. The van der Waals surface area contributed by atoms with Gasteiger partial charge in [0.2, 0.25) is 0 Å². The lowest BCUT2D eigenvalue weighted by Gasteiger charge is -2.28. The van der Waals surface area contributed by atoms with Crippen LogP contribution < -0.4 is 15.5 Å². The van der Waals surface area contributed by atoms with Gasteiger partial charge in [0.1, 0.15) is 11.6 Å². The van der Waals surface area contributed by atoms with E-state index in [0.717, 1.165) is 36.0 Å². The number of rotatable bonds is 6. The van der Waals surface area contributed by atoms with Crippen LogP contribution in [-0.2, 0) is 6.54 Å². The SMILES string of the molecule is O=C(NC1CC1)c1cccc(N2C=C(Nc3cc(C4CC4)[nH]n3)n3ccnc3C2)c1. The Kier molecular flexibility index (Phi) is 3.90. The maximum Gasteiger partial charge on any atom is 0.251 e. The zero-order valence-corrected chi connectivity index (χ0v) is 16.5. The van der Waals surface area contributed by atoms with Gasteiger partial charge in [0.05, 0.1) is 6.54 Å². The molecule has 3 aromatic rings. The molecule has 6 rings (SSSR count). The molecule has 152 valence electrons. The molecule has 0 spiro atoms. The lowest BCUT2D eigenvalue weighted by molar-refractivity contribution is 0.0951. The van der Waals surface area contributed by atoms with E-state index in [9.17, 15) is 4.79 Å². The van der Waals surface area contributed by atoms with E-state index in [4.69, 9.17) is 0 Å². The maximum atomic E-state index is 12.5. The molecule has 2 aliphatic carbocycles. The van der Waals surface area contributed by atoms with Crippen molar-refractivity contribution in [3.63, 3.8) is 0 Å². The number of hydrogen-bond donors (Lipinski definition) is 3. The molecule has 0 saturated heterocycles. The van der Waals surface area contributed by atoms with E-state index < -0.39 is 0 Å². The molecule has 2 fully saturated rings. The van der Waals surface area contributed by atoms with Crippen LogP contribution in [0.4, 0.5) is 11.5 Å². The van der Waals surface area contributed by atoms with Crippen LogP contribution in [0.15, 0.2) is 48.9 Å². The van der Waals surface area contributed by atoms with Crippen molar-refractivity contribution in [1.29, 1.82) is 0 Å². The van der Waals surface area contributed by atoms with Crippen molar-refractivity contribution in [1.82, 2.24) is 25.1 Å². The summed E-state index contributed by atoms with van der Waals surface area (Å²) in [6.07, 6.45) is 10.4. The molecular weight excluding hydrogens is 378 g/mol. The van der Waals surface area contributed by atoms with E-state index in [0.29, 0.717) is 24.1 Å². The Morgan fingerprint density at radius 2 is 2.07 bits per heavy atom. The minimum absolute atomic E-state index is 0.00989. The van der Waals surface area contributed by atoms with Crippen LogP contribution in [0.5, 0.6) is 0 Å². The highest BCUT2D eigenvalue weighted by atomic mass is 16.1. The highest BCUT2D eigenvalue weighted by Crippen LogP contribution is 2.39. The summed E-state index contributed by atoms with van der Waals surface area (Å²) in [5.41, 5.74) is 2.82. The second-order valence-corrected chi connectivity index (χ2v) is 8.26. The number of imidazole rings is 1. The Bertz CT molecular complexity index is 1140. The van der Waals surface area contributed by atoms with Crippen LogP contribution in [-0.4, -0.2) is 31.7 Å². The number of hydrogen-bond acceptors (Lipinski definition) is 5. The summed E-state index contributed by atoms with van der Waals surface area (Å²) in [6, 6.07) is 10.2. The Hall–Kier alpha value is -3.55. The number of nitrogens with zero attached hydrogens (tertiary/aromatic N) is 4. The number of aromatic amines is 1. The van der Waals surface area contributed by atoms with E-state index >= 15 is 0 Å². The fourth-order valence-corrected chi connectivity index (χ4v) is 3.79. The minimum atomic E-state index is -0.00989. The van der Waals surface area contributed by atoms with Crippen molar-refractivity contribution in [2.75, 3.05) is 10.2 Å². The van der Waals surface area contributed by atoms with E-state index in [2.05, 4.69) is 36.8 Å². The summed E-state index contributed by atoms with van der Waals surface area (Å²) in [6.45, 7) is 0.625. The first-order valence-electron chi connectivity index (χ1n) is 10.5. The van der Waals surface area contributed by atoms with Crippen molar-refractivity contribution in [2.24, 2.45) is 0 Å². The molecule has 0 unspecified atom stereocenters. The Balaban J connectivity index is 1.28. The van der Waals surface area contributed by atoms with Gasteiger partial charge < -0.3 is 15.5 Å². The molecule has 3 heterocycles. The maximum absolute atomic E-state index is 12.5. The number of carbonyl (C=O) groups excluding carboxylic acids is 1. The predicted octanol–water partition coefficient (Wildman–Crippen LogP) is 3.26. The minimum Gasteiger partial charge on any atom is -0.349 e. The third kappa shape index (κ3) is 3.34. The summed E-state index contributed by atoms with van der Waals surface area (Å²) >= 11 is 0. The Labute approximate surface area is 174 Å². The molecule has 1 amide bonds. The summed E-state index contributed by atoms with van der Waals surface area (Å²) < 4.78 is 2.03. The molecule has 1 aliphatic heterocycles. The van der Waals surface area contributed by atoms with Crippen molar-refractivity contribution < 1.29 is 4.79 Å². The third-order valence-electron chi connectivity index (χ3n) is 5.79. The lowest BCUT2D eigenvalue weighted by atomic mass is 10.1. The van der Waals surface area contributed by atoms with Gasteiger partial charge in [-0.05, 0) is 43.9 Å². The number of aromatic nitrogens is 4. The first-order chi connectivity index (χ1) is 14.7. The average Bonchev–Trinajstić information content (AvgIpc) is 3.68. The number of amides is 1. The molecule has 8 heteroatoms. The molecule has 30 heavy (non-hydrogen) atoms. The first kappa shape index (κ1) is 17.3. The van der Waals surface area contributed by atoms with Gasteiger partial charge in [0, 0.05) is 53.6 Å². The summed E-state index contributed by atoms with van der Waals surface area (Å²) in [5.74, 6) is 3.20. The number of nitrogens with one attached hydrogen (secondary N) is 3. The van der Waals surface area contributed by atoms with E-state index in [1.54, 1.807) is 6.20 Å². The van der Waals surface area contributed by atoms with Crippen molar-refractivity contribution in [3.8, 4) is 0 Å². The van der Waals surface area contributed by atoms with Crippen LogP contribution in [0.2, 0.25) is 0 Å². The standard InChI is InChI=1S/C22H23N7O/c30-22(24-16-6-7-16)15-2-1-3-17(10-15)28-12-20-23-8-9-29(20)21(13-28)25-19-11-18(26-27-19)14-4-5-14/h1-3,8-11,13-14,16H,4-7,12H2,(H,24,30)(H2,25,26,27). The number of benzene rings is 1. The van der Waals surface area contributed by atoms with Gasteiger partial charge >= 0.3 is 0 Å². The summed E-state index contributed by atoms with van der Waals surface area (Å²) in [4.78, 5) is 19.1. The summed E-state index contributed by atoms with van der Waals surface area (Å²) in [5, 5.41) is 14.0. The zero-order chi connectivity index (χ0) is 20.1. The lowest BCUT2D eigenvalue weighted by Crippen LogP contribution is -2.28. The third-order valence-corrected chi connectivity index (χ3v) is 5.79. The highest BCUT2D eigenvalue weighted by Gasteiger charge is 2.27. The topological polar surface area (TPSA) is 90.9 Å². The monoisotopic (exact) mass is 401 g/mol. The van der Waals surface area contributed by atoms with Crippen molar-refractivity contribution >= 4 is 23.2 Å². The Morgan fingerprint density at radius 1 is 1.17 bits per heavy atom. The quantitative estimate of drug-likeness (QED) is 0.590. The number of carbonyl (C=O) groups is 1. The van der Waals surface area contributed by atoms with Crippen molar-refractivity contribution in [2.45, 2.75) is 44.2 Å². The average molecular weight is 401 g/mol. The predicted molar refractivity (Wildman–Crippen MR) is 114 cm³/mol. The van der Waals surface area contributed by atoms with Crippen LogP contribution in [0.3, 0.4) is 0 Å². The van der Waals surface area contributed by atoms with Gasteiger partial charge in [-0.3, -0.25) is 14.5 Å². The molecule has 3 aliphatic rings. The van der Waals surface area contributed by atoms with Crippen LogP contribution in [0, 0.1) is 0 Å². The molecule has 2 saturated carbocycles. The van der Waals surface area contributed by atoms with Gasteiger partial charge in [-0.2, -0.15) is 5.10 Å². The number of anilines is 2. The van der Waals surface area contributed by atoms with Gasteiger partial charge in [0.15, 0.2) is 5.82 Å². The Morgan fingerprint density at radius 3 is 2.90 bits per heavy atom. The first-order valence-corrected chi connectivity index (χ1v) is 10.5. The van der Waals surface area contributed by atoms with Gasteiger partial charge in [-0.25, -0.2) is 4.98 Å². The normalized spacial score (nSPS) is 18.0. The van der Waals surface area contributed by atoms with Gasteiger partial charge in [-0.1, -0.05) is 6.07 Å². The van der Waals surface area contributed by atoms with Crippen LogP contribution >= 0.6 is 0 Å². The molecule has 3 N–H and O–H groups in total. The molecule has 0 bridgehead atoms. The van der Waals surface area contributed by atoms with E-state index in [-0.39, 0.29) is 5.91 Å². The fraction of sp³-hybridized carbons (Fsp3) is 0.318. The van der Waals surface area contributed by atoms with E-state index in [1.807, 2.05) is 41.2 Å². The smallest absolute Gasteiger partial charge is 0.251 e. The summed E-state index contributed by atoms with van der Waals surface area (Å²) in [7, 11) is 0. The zero-order valence-electron chi connectivity index (χ0n) is 16.5. The van der Waals surface area contributed by atoms with Crippen LogP contribution in [0.25, 0.3) is 5.82 Å². The second kappa shape index (κ2) is 6.76. The van der Waals surface area contributed by atoms with E-state index in [1.165, 1.54) is 18.5 Å². The van der Waals surface area contributed by atoms with Crippen molar-refractivity contribution in [3.05, 3.63) is 66.0 Å². The fourth-order valence-electron chi connectivity index (χ4n) is 3.79. The highest BCUT2D eigenvalue weighted by molar-refractivity contribution is 5.95. The molecular formula is C22H23N7O. The number of H-pyrrole nitrogens is 1.